The Labute approximate surface area is 104 Å². The van der Waals surface area contributed by atoms with Crippen LogP contribution in [0.15, 0.2) is 51.9 Å². The third kappa shape index (κ3) is 1.74. The highest BCUT2D eigenvalue weighted by atomic mass is 16.4. The number of aromatic nitrogens is 1. The van der Waals surface area contributed by atoms with Crippen LogP contribution < -0.4 is 5.63 Å². The summed E-state index contributed by atoms with van der Waals surface area (Å²) in [6.45, 7) is 3.97. The van der Waals surface area contributed by atoms with Gasteiger partial charge in [-0.25, -0.2) is 4.79 Å². The van der Waals surface area contributed by atoms with Crippen molar-refractivity contribution in [2.75, 3.05) is 0 Å². The van der Waals surface area contributed by atoms with Crippen molar-refractivity contribution < 1.29 is 4.42 Å². The van der Waals surface area contributed by atoms with Crippen LogP contribution in [0.2, 0.25) is 0 Å². The van der Waals surface area contributed by atoms with Crippen LogP contribution in [0.5, 0.6) is 0 Å². The second kappa shape index (κ2) is 3.88. The Kier molecular flexibility index (Phi) is 2.33. The summed E-state index contributed by atoms with van der Waals surface area (Å²) in [5, 5.41) is 0. The second-order valence-electron chi connectivity index (χ2n) is 4.56. The molecular formula is C15H13NO2. The smallest absolute Gasteiger partial charge is 0.360 e. The van der Waals surface area contributed by atoms with Gasteiger partial charge >= 0.3 is 5.63 Å². The fourth-order valence-corrected chi connectivity index (χ4v) is 2.12. The van der Waals surface area contributed by atoms with E-state index in [9.17, 15) is 4.79 Å². The minimum atomic E-state index is -0.304. The van der Waals surface area contributed by atoms with Crippen LogP contribution in [0.1, 0.15) is 11.1 Å². The molecule has 0 bridgehead atoms. The molecule has 2 heterocycles. The molecule has 18 heavy (non-hydrogen) atoms. The summed E-state index contributed by atoms with van der Waals surface area (Å²) in [5.74, 6) is 0.590. The Morgan fingerprint density at radius 1 is 1.06 bits per heavy atom. The third-order valence-corrected chi connectivity index (χ3v) is 2.96. The highest BCUT2D eigenvalue weighted by Gasteiger charge is 2.07. The maximum Gasteiger partial charge on any atom is 0.360 e. The maximum atomic E-state index is 11.9. The van der Waals surface area contributed by atoms with Gasteiger partial charge < -0.3 is 8.82 Å². The predicted octanol–water partition coefficient (Wildman–Crippen LogP) is 3.18. The van der Waals surface area contributed by atoms with Gasteiger partial charge in [-0.1, -0.05) is 23.8 Å². The van der Waals surface area contributed by atoms with Gasteiger partial charge in [0.15, 0.2) is 5.76 Å². The maximum absolute atomic E-state index is 11.9. The van der Waals surface area contributed by atoms with Gasteiger partial charge in [0.25, 0.3) is 0 Å². The summed E-state index contributed by atoms with van der Waals surface area (Å²) in [4.78, 5) is 11.9. The Morgan fingerprint density at radius 3 is 2.67 bits per heavy atom. The molecule has 0 fully saturated rings. The van der Waals surface area contributed by atoms with Crippen molar-refractivity contribution in [3.8, 4) is 11.3 Å². The standard InChI is InChI=1S/C15H13NO2/c1-10-4-3-5-12(6-10)14-9-16-8-11(2)7-13(16)15(17)18-14/h3-9H,1-2H3. The van der Waals surface area contributed by atoms with Gasteiger partial charge in [-0.15, -0.1) is 0 Å². The zero-order chi connectivity index (χ0) is 12.7. The number of benzene rings is 1. The first kappa shape index (κ1) is 10.8. The Balaban J connectivity index is 2.27. The van der Waals surface area contributed by atoms with Gasteiger partial charge in [0.2, 0.25) is 0 Å². The van der Waals surface area contributed by atoms with Crippen LogP contribution >= 0.6 is 0 Å². The zero-order valence-electron chi connectivity index (χ0n) is 10.3. The summed E-state index contributed by atoms with van der Waals surface area (Å²) in [6, 6.07) is 9.73. The van der Waals surface area contributed by atoms with E-state index < -0.39 is 0 Å². The van der Waals surface area contributed by atoms with E-state index in [-0.39, 0.29) is 5.63 Å². The molecule has 2 aromatic heterocycles. The molecule has 0 N–H and O–H groups in total. The first-order chi connectivity index (χ1) is 8.63. The number of aryl methyl sites for hydroxylation is 2. The molecule has 0 aliphatic heterocycles. The minimum absolute atomic E-state index is 0.304. The van der Waals surface area contributed by atoms with Crippen LogP contribution in [-0.2, 0) is 0 Å². The minimum Gasteiger partial charge on any atom is -0.420 e. The summed E-state index contributed by atoms with van der Waals surface area (Å²) in [5.41, 5.74) is 3.37. The van der Waals surface area contributed by atoms with Gasteiger partial charge in [0, 0.05) is 11.8 Å². The second-order valence-corrected chi connectivity index (χ2v) is 4.56. The van der Waals surface area contributed by atoms with E-state index >= 15 is 0 Å². The molecule has 3 aromatic rings. The van der Waals surface area contributed by atoms with Crippen molar-refractivity contribution in [3.63, 3.8) is 0 Å². The molecule has 0 spiro atoms. The lowest BCUT2D eigenvalue weighted by Crippen LogP contribution is -2.03. The van der Waals surface area contributed by atoms with Crippen LogP contribution in [0, 0.1) is 13.8 Å². The molecule has 0 saturated carbocycles. The van der Waals surface area contributed by atoms with Gasteiger partial charge in [0.1, 0.15) is 5.52 Å². The molecule has 0 atom stereocenters. The van der Waals surface area contributed by atoms with Crippen LogP contribution in [-0.4, -0.2) is 4.40 Å². The zero-order valence-corrected chi connectivity index (χ0v) is 10.3. The fourth-order valence-electron chi connectivity index (χ4n) is 2.12. The number of hydrogen-bond donors (Lipinski definition) is 0. The number of nitrogens with zero attached hydrogens (tertiary/aromatic N) is 1. The molecule has 3 nitrogen and oxygen atoms in total. The Bertz CT molecular complexity index is 781. The lowest BCUT2D eigenvalue weighted by atomic mass is 10.1. The summed E-state index contributed by atoms with van der Waals surface area (Å²) >= 11 is 0. The molecule has 0 amide bonds. The van der Waals surface area contributed by atoms with Crippen molar-refractivity contribution in [3.05, 3.63) is 64.3 Å². The lowest BCUT2D eigenvalue weighted by molar-refractivity contribution is 0.524. The highest BCUT2D eigenvalue weighted by Crippen LogP contribution is 2.20. The Hall–Kier alpha value is -2.29. The molecular weight excluding hydrogens is 226 g/mol. The van der Waals surface area contributed by atoms with E-state index in [0.29, 0.717) is 11.3 Å². The van der Waals surface area contributed by atoms with E-state index in [2.05, 4.69) is 0 Å². The Morgan fingerprint density at radius 2 is 1.89 bits per heavy atom. The summed E-state index contributed by atoms with van der Waals surface area (Å²) < 4.78 is 7.19. The van der Waals surface area contributed by atoms with Crippen LogP contribution in [0.4, 0.5) is 0 Å². The summed E-state index contributed by atoms with van der Waals surface area (Å²) in [6.07, 6.45) is 3.77. The van der Waals surface area contributed by atoms with E-state index in [4.69, 9.17) is 4.42 Å². The molecule has 3 rings (SSSR count). The SMILES string of the molecule is Cc1cccc(-c2cn3cc(C)cc3c(=O)o2)c1. The van der Waals surface area contributed by atoms with Crippen molar-refractivity contribution in [2.45, 2.75) is 13.8 Å². The lowest BCUT2D eigenvalue weighted by Gasteiger charge is -2.02. The van der Waals surface area contributed by atoms with Gasteiger partial charge in [-0.3, -0.25) is 0 Å². The van der Waals surface area contributed by atoms with E-state index in [1.165, 1.54) is 0 Å². The van der Waals surface area contributed by atoms with Gasteiger partial charge in [-0.05, 0) is 31.5 Å². The molecule has 0 aliphatic rings. The first-order valence-corrected chi connectivity index (χ1v) is 5.83. The molecule has 0 saturated heterocycles. The van der Waals surface area contributed by atoms with Crippen molar-refractivity contribution >= 4 is 5.52 Å². The van der Waals surface area contributed by atoms with Crippen LogP contribution in [0.3, 0.4) is 0 Å². The molecule has 0 radical (unpaired) electrons. The number of rotatable bonds is 1. The molecule has 0 aliphatic carbocycles. The van der Waals surface area contributed by atoms with E-state index in [0.717, 1.165) is 16.7 Å². The topological polar surface area (TPSA) is 34.6 Å². The number of fused-ring (bicyclic) bond motifs is 1. The van der Waals surface area contributed by atoms with Crippen molar-refractivity contribution in [1.29, 1.82) is 0 Å². The third-order valence-electron chi connectivity index (χ3n) is 2.96. The number of hydrogen-bond acceptors (Lipinski definition) is 2. The predicted molar refractivity (Wildman–Crippen MR) is 70.8 cm³/mol. The summed E-state index contributed by atoms with van der Waals surface area (Å²) in [7, 11) is 0. The largest absolute Gasteiger partial charge is 0.420 e. The van der Waals surface area contributed by atoms with E-state index in [1.807, 2.05) is 61.0 Å². The molecule has 0 unspecified atom stereocenters. The highest BCUT2D eigenvalue weighted by molar-refractivity contribution is 5.59. The average Bonchev–Trinajstić information content (AvgIpc) is 2.70. The van der Waals surface area contributed by atoms with Crippen molar-refractivity contribution in [1.82, 2.24) is 4.40 Å². The monoisotopic (exact) mass is 239 g/mol. The first-order valence-electron chi connectivity index (χ1n) is 5.83. The molecule has 90 valence electrons. The van der Waals surface area contributed by atoms with Gasteiger partial charge in [0.05, 0.1) is 6.20 Å². The van der Waals surface area contributed by atoms with Crippen LogP contribution in [0.25, 0.3) is 16.8 Å². The fraction of sp³-hybridized carbons (Fsp3) is 0.133. The molecule has 1 aromatic carbocycles. The van der Waals surface area contributed by atoms with Crippen molar-refractivity contribution in [2.24, 2.45) is 0 Å². The van der Waals surface area contributed by atoms with E-state index in [1.54, 1.807) is 0 Å². The average molecular weight is 239 g/mol. The van der Waals surface area contributed by atoms with Gasteiger partial charge in [-0.2, -0.15) is 0 Å². The normalized spacial score (nSPS) is 11.0. The quantitative estimate of drug-likeness (QED) is 0.653. The molecule has 3 heteroatoms.